The molecule has 0 aliphatic heterocycles. The highest BCUT2D eigenvalue weighted by Crippen LogP contribution is 2.24. The van der Waals surface area contributed by atoms with Gasteiger partial charge in [0.05, 0.1) is 11.4 Å². The van der Waals surface area contributed by atoms with Gasteiger partial charge in [-0.25, -0.2) is 9.97 Å². The summed E-state index contributed by atoms with van der Waals surface area (Å²) in [5.41, 5.74) is 5.54. The van der Waals surface area contributed by atoms with Crippen molar-refractivity contribution in [1.82, 2.24) is 14.4 Å². The Labute approximate surface area is 136 Å². The normalized spacial score (nSPS) is 17.4. The topological polar surface area (TPSA) is 30.2 Å². The lowest BCUT2D eigenvalue weighted by Gasteiger charge is -2.15. The number of hydrogen-bond acceptors (Lipinski definition) is 2. The number of fused-ring (bicyclic) bond motifs is 1. The Hall–Kier alpha value is -2.68. The molecule has 0 bridgehead atoms. The smallest absolute Gasteiger partial charge is 0.158 e. The van der Waals surface area contributed by atoms with Crippen LogP contribution >= 0.6 is 0 Å². The summed E-state index contributed by atoms with van der Waals surface area (Å²) in [5.74, 6) is 0.600. The molecule has 1 aromatic carbocycles. The summed E-state index contributed by atoms with van der Waals surface area (Å²) in [7, 11) is 0. The highest BCUT2D eigenvalue weighted by molar-refractivity contribution is 5.61. The number of allylic oxidation sites excluding steroid dienone is 4. The molecule has 3 aromatic rings. The zero-order valence-electron chi connectivity index (χ0n) is 13.2. The van der Waals surface area contributed by atoms with Crippen LogP contribution in [0.4, 0.5) is 0 Å². The SMILES string of the molecule is CC1C=CC=C(Cc2nc(-c3ccccc3)cn3ccnc23)C1. The summed E-state index contributed by atoms with van der Waals surface area (Å²) < 4.78 is 2.08. The third-order valence-corrected chi connectivity index (χ3v) is 4.26. The quantitative estimate of drug-likeness (QED) is 0.715. The molecule has 2 aromatic heterocycles. The van der Waals surface area contributed by atoms with E-state index in [4.69, 9.17) is 4.98 Å². The van der Waals surface area contributed by atoms with Gasteiger partial charge in [-0.15, -0.1) is 0 Å². The Morgan fingerprint density at radius 1 is 1.22 bits per heavy atom. The Kier molecular flexibility index (Phi) is 3.54. The van der Waals surface area contributed by atoms with Gasteiger partial charge in [0, 0.05) is 30.6 Å². The lowest BCUT2D eigenvalue weighted by atomic mass is 9.93. The predicted molar refractivity (Wildman–Crippen MR) is 93.1 cm³/mol. The monoisotopic (exact) mass is 301 g/mol. The maximum absolute atomic E-state index is 4.91. The molecule has 0 amide bonds. The van der Waals surface area contributed by atoms with Crippen molar-refractivity contribution in [3.8, 4) is 11.3 Å². The van der Waals surface area contributed by atoms with E-state index in [1.807, 2.05) is 30.6 Å². The van der Waals surface area contributed by atoms with Crippen molar-refractivity contribution >= 4 is 5.65 Å². The second-order valence-corrected chi connectivity index (χ2v) is 6.16. The van der Waals surface area contributed by atoms with Crippen molar-refractivity contribution in [1.29, 1.82) is 0 Å². The number of benzene rings is 1. The number of imidazole rings is 1. The van der Waals surface area contributed by atoms with E-state index in [9.17, 15) is 0 Å². The maximum atomic E-state index is 4.91. The van der Waals surface area contributed by atoms with Crippen molar-refractivity contribution < 1.29 is 0 Å². The van der Waals surface area contributed by atoms with Gasteiger partial charge in [-0.2, -0.15) is 0 Å². The Balaban J connectivity index is 1.77. The van der Waals surface area contributed by atoms with E-state index in [0.717, 1.165) is 35.4 Å². The van der Waals surface area contributed by atoms with E-state index < -0.39 is 0 Å². The molecule has 0 N–H and O–H groups in total. The van der Waals surface area contributed by atoms with Crippen molar-refractivity contribution in [3.05, 3.63) is 78.4 Å². The predicted octanol–water partition coefficient (Wildman–Crippen LogP) is 4.46. The third kappa shape index (κ3) is 2.82. The van der Waals surface area contributed by atoms with Crippen molar-refractivity contribution in [2.45, 2.75) is 19.8 Å². The molecule has 0 saturated heterocycles. The first kappa shape index (κ1) is 13.9. The van der Waals surface area contributed by atoms with E-state index in [0.29, 0.717) is 5.92 Å². The first-order chi connectivity index (χ1) is 11.3. The first-order valence-electron chi connectivity index (χ1n) is 8.04. The number of aromatic nitrogens is 3. The molecule has 3 heteroatoms. The minimum atomic E-state index is 0.600. The van der Waals surface area contributed by atoms with Crippen molar-refractivity contribution in [2.24, 2.45) is 5.92 Å². The van der Waals surface area contributed by atoms with E-state index in [1.165, 1.54) is 5.57 Å². The van der Waals surface area contributed by atoms with Gasteiger partial charge >= 0.3 is 0 Å². The van der Waals surface area contributed by atoms with Crippen LogP contribution in [0.2, 0.25) is 0 Å². The van der Waals surface area contributed by atoms with Gasteiger partial charge in [-0.3, -0.25) is 0 Å². The molecule has 1 atom stereocenters. The Morgan fingerprint density at radius 2 is 2.09 bits per heavy atom. The highest BCUT2D eigenvalue weighted by atomic mass is 15.0. The summed E-state index contributed by atoms with van der Waals surface area (Å²) in [4.78, 5) is 9.41. The molecule has 1 aliphatic rings. The van der Waals surface area contributed by atoms with Gasteiger partial charge < -0.3 is 4.40 Å². The number of nitrogens with zero attached hydrogens (tertiary/aromatic N) is 3. The molecule has 114 valence electrons. The van der Waals surface area contributed by atoms with Crippen LogP contribution in [0.5, 0.6) is 0 Å². The van der Waals surface area contributed by atoms with Crippen LogP contribution in [0.3, 0.4) is 0 Å². The maximum Gasteiger partial charge on any atom is 0.158 e. The van der Waals surface area contributed by atoms with Gasteiger partial charge in [0.1, 0.15) is 0 Å². The molecule has 2 heterocycles. The second-order valence-electron chi connectivity index (χ2n) is 6.16. The molecule has 1 unspecified atom stereocenters. The second kappa shape index (κ2) is 5.84. The van der Waals surface area contributed by atoms with E-state index in [-0.39, 0.29) is 0 Å². The molecular weight excluding hydrogens is 282 g/mol. The average molecular weight is 301 g/mol. The van der Waals surface area contributed by atoms with Gasteiger partial charge in [-0.05, 0) is 12.3 Å². The van der Waals surface area contributed by atoms with Crippen LogP contribution in [0.1, 0.15) is 19.0 Å². The van der Waals surface area contributed by atoms with Crippen molar-refractivity contribution in [3.63, 3.8) is 0 Å². The molecule has 1 aliphatic carbocycles. The Bertz CT molecular complexity index is 888. The Morgan fingerprint density at radius 3 is 2.91 bits per heavy atom. The molecule has 3 nitrogen and oxygen atoms in total. The fourth-order valence-electron chi connectivity index (χ4n) is 3.14. The average Bonchev–Trinajstić information content (AvgIpc) is 3.04. The molecular formula is C20H19N3. The van der Waals surface area contributed by atoms with Gasteiger partial charge in [0.25, 0.3) is 0 Å². The molecule has 0 fully saturated rings. The molecule has 23 heavy (non-hydrogen) atoms. The minimum absolute atomic E-state index is 0.600. The largest absolute Gasteiger partial charge is 0.303 e. The van der Waals surface area contributed by atoms with Gasteiger partial charge in [0.2, 0.25) is 0 Å². The van der Waals surface area contributed by atoms with Crippen LogP contribution < -0.4 is 0 Å². The summed E-state index contributed by atoms with van der Waals surface area (Å²) in [5, 5.41) is 0. The zero-order chi connectivity index (χ0) is 15.6. The lowest BCUT2D eigenvalue weighted by molar-refractivity contribution is 0.691. The molecule has 0 spiro atoms. The fraction of sp³-hybridized carbons (Fsp3) is 0.200. The molecule has 0 saturated carbocycles. The lowest BCUT2D eigenvalue weighted by Crippen LogP contribution is -2.05. The number of hydrogen-bond donors (Lipinski definition) is 0. The minimum Gasteiger partial charge on any atom is -0.303 e. The van der Waals surface area contributed by atoms with Crippen LogP contribution in [-0.4, -0.2) is 14.4 Å². The molecule has 4 rings (SSSR count). The van der Waals surface area contributed by atoms with Gasteiger partial charge in [-0.1, -0.05) is 61.1 Å². The van der Waals surface area contributed by atoms with Crippen LogP contribution in [0, 0.1) is 5.92 Å². The standard InChI is InChI=1S/C20H19N3/c1-15-6-5-7-16(12-15)13-18-20-21-10-11-23(20)14-19(22-18)17-8-3-2-4-9-17/h2-11,14-15H,12-13H2,1H3. The first-order valence-corrected chi connectivity index (χ1v) is 8.04. The fourth-order valence-corrected chi connectivity index (χ4v) is 3.14. The van der Waals surface area contributed by atoms with E-state index in [1.54, 1.807) is 0 Å². The summed E-state index contributed by atoms with van der Waals surface area (Å²) in [6.45, 7) is 2.25. The van der Waals surface area contributed by atoms with E-state index >= 15 is 0 Å². The van der Waals surface area contributed by atoms with Crippen molar-refractivity contribution in [2.75, 3.05) is 0 Å². The summed E-state index contributed by atoms with van der Waals surface area (Å²) in [6, 6.07) is 10.3. The van der Waals surface area contributed by atoms with E-state index in [2.05, 4.69) is 52.9 Å². The van der Waals surface area contributed by atoms with Crippen LogP contribution in [0.25, 0.3) is 16.9 Å². The molecule has 0 radical (unpaired) electrons. The zero-order valence-corrected chi connectivity index (χ0v) is 13.2. The summed E-state index contributed by atoms with van der Waals surface area (Å²) >= 11 is 0. The highest BCUT2D eigenvalue weighted by Gasteiger charge is 2.13. The number of rotatable bonds is 3. The van der Waals surface area contributed by atoms with Crippen LogP contribution in [0.15, 0.2) is 72.7 Å². The van der Waals surface area contributed by atoms with Gasteiger partial charge in [0.15, 0.2) is 5.65 Å². The van der Waals surface area contributed by atoms with Crippen LogP contribution in [-0.2, 0) is 6.42 Å². The summed E-state index contributed by atoms with van der Waals surface area (Å²) in [6.07, 6.45) is 14.5. The third-order valence-electron chi connectivity index (χ3n) is 4.26.